The van der Waals surface area contributed by atoms with Crippen LogP contribution in [0.2, 0.25) is 0 Å². The molecule has 2 aromatic rings. The maximum atomic E-state index is 12.3. The van der Waals surface area contributed by atoms with Crippen molar-refractivity contribution in [3.05, 3.63) is 53.6 Å². The van der Waals surface area contributed by atoms with Crippen molar-refractivity contribution in [3.8, 4) is 5.75 Å². The molecular formula is C18H18N2O5. The minimum atomic E-state index is -0.470. The Balaban J connectivity index is 2.17. The first kappa shape index (κ1) is 18.0. The molecule has 0 aliphatic rings. The van der Waals surface area contributed by atoms with E-state index in [0.29, 0.717) is 28.3 Å². The Labute approximate surface area is 144 Å². The van der Waals surface area contributed by atoms with Gasteiger partial charge in [-0.25, -0.2) is 4.79 Å². The summed E-state index contributed by atoms with van der Waals surface area (Å²) in [6.07, 6.45) is 0. The highest BCUT2D eigenvalue weighted by Gasteiger charge is 2.11. The van der Waals surface area contributed by atoms with Gasteiger partial charge in [0.15, 0.2) is 0 Å². The summed E-state index contributed by atoms with van der Waals surface area (Å²) in [6.45, 7) is 1.38. The number of hydrogen-bond acceptors (Lipinski definition) is 5. The molecule has 0 saturated heterocycles. The highest BCUT2D eigenvalue weighted by molar-refractivity contribution is 6.05. The fraction of sp³-hybridized carbons (Fsp3) is 0.167. The van der Waals surface area contributed by atoms with Crippen LogP contribution in [0.3, 0.4) is 0 Å². The predicted molar refractivity (Wildman–Crippen MR) is 93.0 cm³/mol. The number of nitrogens with one attached hydrogen (secondary N) is 2. The number of carbonyl (C=O) groups excluding carboxylic acids is 3. The smallest absolute Gasteiger partial charge is 0.337 e. The summed E-state index contributed by atoms with van der Waals surface area (Å²) in [7, 11) is 2.78. The first-order chi connectivity index (χ1) is 11.9. The number of rotatable bonds is 5. The van der Waals surface area contributed by atoms with Gasteiger partial charge in [-0.1, -0.05) is 0 Å². The van der Waals surface area contributed by atoms with Gasteiger partial charge >= 0.3 is 5.97 Å². The number of hydrogen-bond donors (Lipinski definition) is 2. The quantitative estimate of drug-likeness (QED) is 0.815. The van der Waals surface area contributed by atoms with Gasteiger partial charge in [0.25, 0.3) is 5.91 Å². The third-order valence-corrected chi connectivity index (χ3v) is 3.34. The molecule has 0 heterocycles. The van der Waals surface area contributed by atoms with Crippen LogP contribution in [-0.2, 0) is 9.53 Å². The molecule has 130 valence electrons. The van der Waals surface area contributed by atoms with Gasteiger partial charge in [-0.2, -0.15) is 0 Å². The number of amides is 2. The number of carbonyl (C=O) groups is 3. The lowest BCUT2D eigenvalue weighted by atomic mass is 10.1. The number of anilines is 2. The van der Waals surface area contributed by atoms with Crippen LogP contribution in [0, 0.1) is 0 Å². The van der Waals surface area contributed by atoms with Gasteiger partial charge in [0.05, 0.1) is 25.5 Å². The predicted octanol–water partition coefficient (Wildman–Crippen LogP) is 2.69. The molecule has 2 rings (SSSR count). The van der Waals surface area contributed by atoms with E-state index in [2.05, 4.69) is 15.4 Å². The van der Waals surface area contributed by atoms with E-state index in [-0.39, 0.29) is 11.8 Å². The molecule has 0 fully saturated rings. The maximum absolute atomic E-state index is 12.3. The third-order valence-electron chi connectivity index (χ3n) is 3.34. The number of esters is 1. The summed E-state index contributed by atoms with van der Waals surface area (Å²) < 4.78 is 9.78. The fourth-order valence-corrected chi connectivity index (χ4v) is 2.15. The van der Waals surface area contributed by atoms with Crippen LogP contribution in [0.15, 0.2) is 42.5 Å². The molecule has 2 aromatic carbocycles. The molecule has 0 radical (unpaired) electrons. The minimum Gasteiger partial charge on any atom is -0.495 e. The van der Waals surface area contributed by atoms with E-state index >= 15 is 0 Å². The standard InChI is InChI=1S/C18H18N2O5/c1-11(21)19-15-10-14(8-9-16(15)24-2)20-17(22)12-4-6-13(7-5-12)18(23)25-3/h4-10H,1-3H3,(H,19,21)(H,20,22). The summed E-state index contributed by atoms with van der Waals surface area (Å²) in [5, 5.41) is 5.36. The van der Waals surface area contributed by atoms with E-state index in [1.165, 1.54) is 45.4 Å². The second kappa shape index (κ2) is 7.96. The molecule has 7 nitrogen and oxygen atoms in total. The zero-order valence-electron chi connectivity index (χ0n) is 14.1. The van der Waals surface area contributed by atoms with E-state index in [4.69, 9.17) is 4.74 Å². The van der Waals surface area contributed by atoms with Crippen LogP contribution in [0.5, 0.6) is 5.75 Å². The topological polar surface area (TPSA) is 93.7 Å². The van der Waals surface area contributed by atoms with Gasteiger partial charge < -0.3 is 20.1 Å². The first-order valence-corrected chi connectivity index (χ1v) is 7.40. The highest BCUT2D eigenvalue weighted by Crippen LogP contribution is 2.28. The van der Waals surface area contributed by atoms with Gasteiger partial charge in [-0.3, -0.25) is 9.59 Å². The number of methoxy groups -OCH3 is 2. The highest BCUT2D eigenvalue weighted by atomic mass is 16.5. The largest absolute Gasteiger partial charge is 0.495 e. The lowest BCUT2D eigenvalue weighted by Crippen LogP contribution is -2.13. The van der Waals surface area contributed by atoms with E-state index in [1.54, 1.807) is 18.2 Å². The molecule has 0 aromatic heterocycles. The molecule has 25 heavy (non-hydrogen) atoms. The van der Waals surface area contributed by atoms with Crippen LogP contribution in [0.1, 0.15) is 27.6 Å². The van der Waals surface area contributed by atoms with Crippen LogP contribution in [0.25, 0.3) is 0 Å². The summed E-state index contributed by atoms with van der Waals surface area (Å²) in [6, 6.07) is 11.0. The molecule has 0 spiro atoms. The van der Waals surface area contributed by atoms with Crippen molar-refractivity contribution in [1.82, 2.24) is 0 Å². The zero-order chi connectivity index (χ0) is 18.4. The average molecular weight is 342 g/mol. The van der Waals surface area contributed by atoms with Crippen molar-refractivity contribution in [2.45, 2.75) is 6.92 Å². The fourth-order valence-electron chi connectivity index (χ4n) is 2.15. The monoisotopic (exact) mass is 342 g/mol. The molecular weight excluding hydrogens is 324 g/mol. The lowest BCUT2D eigenvalue weighted by molar-refractivity contribution is -0.114. The molecule has 0 atom stereocenters. The van der Waals surface area contributed by atoms with Crippen molar-refractivity contribution in [1.29, 1.82) is 0 Å². The summed E-state index contributed by atoms with van der Waals surface area (Å²) in [5.74, 6) is -0.590. The van der Waals surface area contributed by atoms with Gasteiger partial charge in [-0.15, -0.1) is 0 Å². The van der Waals surface area contributed by atoms with Gasteiger partial charge in [0.1, 0.15) is 5.75 Å². The Hall–Kier alpha value is -3.35. The molecule has 0 unspecified atom stereocenters. The van der Waals surface area contributed by atoms with Gasteiger partial charge in [0, 0.05) is 18.2 Å². The van der Waals surface area contributed by atoms with Crippen molar-refractivity contribution in [2.75, 3.05) is 24.9 Å². The summed E-state index contributed by atoms with van der Waals surface area (Å²) >= 11 is 0. The minimum absolute atomic E-state index is 0.250. The van der Waals surface area contributed by atoms with Crippen LogP contribution < -0.4 is 15.4 Å². The molecule has 0 aliphatic carbocycles. The maximum Gasteiger partial charge on any atom is 0.337 e. The Bertz CT molecular complexity index is 800. The van der Waals surface area contributed by atoms with Gasteiger partial charge in [-0.05, 0) is 42.5 Å². The van der Waals surface area contributed by atoms with Crippen molar-refractivity contribution < 1.29 is 23.9 Å². The number of ether oxygens (including phenoxy) is 2. The zero-order valence-corrected chi connectivity index (χ0v) is 14.1. The summed E-state index contributed by atoms with van der Waals surface area (Å²) in [4.78, 5) is 35.0. The lowest BCUT2D eigenvalue weighted by Gasteiger charge is -2.12. The van der Waals surface area contributed by atoms with Crippen LogP contribution >= 0.6 is 0 Å². The SMILES string of the molecule is COC(=O)c1ccc(C(=O)Nc2ccc(OC)c(NC(C)=O)c2)cc1. The average Bonchev–Trinajstić information content (AvgIpc) is 2.61. The van der Waals surface area contributed by atoms with E-state index in [9.17, 15) is 14.4 Å². The van der Waals surface area contributed by atoms with E-state index in [0.717, 1.165) is 0 Å². The van der Waals surface area contributed by atoms with Crippen molar-refractivity contribution in [3.63, 3.8) is 0 Å². The molecule has 0 saturated carbocycles. The molecule has 2 N–H and O–H groups in total. The molecule has 0 aliphatic heterocycles. The molecule has 2 amide bonds. The number of benzene rings is 2. The third kappa shape index (κ3) is 4.57. The van der Waals surface area contributed by atoms with E-state index in [1.807, 2.05) is 0 Å². The van der Waals surface area contributed by atoms with Crippen molar-refractivity contribution >= 4 is 29.2 Å². The molecule has 0 bridgehead atoms. The van der Waals surface area contributed by atoms with Gasteiger partial charge in [0.2, 0.25) is 5.91 Å². The van der Waals surface area contributed by atoms with Crippen LogP contribution in [0.4, 0.5) is 11.4 Å². The first-order valence-electron chi connectivity index (χ1n) is 7.40. The van der Waals surface area contributed by atoms with Crippen molar-refractivity contribution in [2.24, 2.45) is 0 Å². The second-order valence-electron chi connectivity index (χ2n) is 5.12. The summed E-state index contributed by atoms with van der Waals surface area (Å²) in [5.41, 5.74) is 1.68. The Morgan fingerprint density at radius 3 is 2.08 bits per heavy atom. The Morgan fingerprint density at radius 1 is 0.880 bits per heavy atom. The second-order valence-corrected chi connectivity index (χ2v) is 5.12. The Morgan fingerprint density at radius 2 is 1.52 bits per heavy atom. The Kier molecular flexibility index (Phi) is 5.73. The normalized spacial score (nSPS) is 9.88. The van der Waals surface area contributed by atoms with Crippen LogP contribution in [-0.4, -0.2) is 32.0 Å². The van der Waals surface area contributed by atoms with E-state index < -0.39 is 5.97 Å². The molecule has 7 heteroatoms.